The van der Waals surface area contributed by atoms with Gasteiger partial charge in [-0.15, -0.1) is 0 Å². The van der Waals surface area contributed by atoms with Gasteiger partial charge in [0.15, 0.2) is 17.6 Å². The van der Waals surface area contributed by atoms with Crippen LogP contribution in [0.1, 0.15) is 37.8 Å². The van der Waals surface area contributed by atoms with Crippen LogP contribution in [0.25, 0.3) is 0 Å². The molecule has 1 amide bonds. The van der Waals surface area contributed by atoms with Crippen LogP contribution in [0.2, 0.25) is 0 Å². The molecule has 0 saturated heterocycles. The summed E-state index contributed by atoms with van der Waals surface area (Å²) in [5.74, 6) is 2.26. The number of benzene rings is 2. The Kier molecular flexibility index (Phi) is 5.35. The zero-order valence-electron chi connectivity index (χ0n) is 15.7. The summed E-state index contributed by atoms with van der Waals surface area (Å²) in [6.45, 7) is 9.03. The molecule has 1 aliphatic rings. The molecule has 5 heteroatoms. The molecule has 1 aliphatic heterocycles. The van der Waals surface area contributed by atoms with Crippen molar-refractivity contribution in [3.8, 4) is 17.2 Å². The van der Waals surface area contributed by atoms with Gasteiger partial charge in [-0.2, -0.15) is 0 Å². The average molecular weight is 355 g/mol. The number of carbonyl (C=O) groups is 1. The van der Waals surface area contributed by atoms with Crippen molar-refractivity contribution in [3.05, 3.63) is 47.5 Å². The maximum Gasteiger partial charge on any atom is 0.265 e. The van der Waals surface area contributed by atoms with E-state index in [0.717, 1.165) is 11.3 Å². The fraction of sp³-hybridized carbons (Fsp3) is 0.381. The molecular weight excluding hydrogens is 330 g/mol. The van der Waals surface area contributed by atoms with Gasteiger partial charge in [0.05, 0.1) is 0 Å². The van der Waals surface area contributed by atoms with E-state index in [1.54, 1.807) is 25.1 Å². The minimum absolute atomic E-state index is 0.212. The third-order valence-electron chi connectivity index (χ3n) is 4.36. The zero-order chi connectivity index (χ0) is 18.7. The van der Waals surface area contributed by atoms with Gasteiger partial charge in [0.25, 0.3) is 5.91 Å². The van der Waals surface area contributed by atoms with Crippen molar-refractivity contribution < 1.29 is 19.0 Å². The summed E-state index contributed by atoms with van der Waals surface area (Å²) in [6.07, 6.45) is -0.621. The van der Waals surface area contributed by atoms with Gasteiger partial charge < -0.3 is 19.5 Å². The molecule has 2 aromatic rings. The molecule has 1 heterocycles. The van der Waals surface area contributed by atoms with E-state index >= 15 is 0 Å². The van der Waals surface area contributed by atoms with Crippen LogP contribution in [0.3, 0.4) is 0 Å². The largest absolute Gasteiger partial charge is 0.486 e. The number of ether oxygens (including phenoxy) is 3. The lowest BCUT2D eigenvalue weighted by Gasteiger charge is -2.20. The standard InChI is InChI=1S/C21H25NO4/c1-13(2)16-6-5-14(3)19(11-16)26-15(4)21(23)22-17-7-8-18-20(12-17)25-10-9-24-18/h5-8,11-13,15H,9-10H2,1-4H3,(H,22,23). The first-order valence-electron chi connectivity index (χ1n) is 8.92. The third-order valence-corrected chi connectivity index (χ3v) is 4.36. The van der Waals surface area contributed by atoms with Crippen molar-refractivity contribution in [2.75, 3.05) is 18.5 Å². The highest BCUT2D eigenvalue weighted by atomic mass is 16.6. The van der Waals surface area contributed by atoms with E-state index in [1.807, 2.05) is 19.1 Å². The molecule has 26 heavy (non-hydrogen) atoms. The van der Waals surface area contributed by atoms with Crippen LogP contribution < -0.4 is 19.5 Å². The molecule has 0 aliphatic carbocycles. The number of carbonyl (C=O) groups excluding carboxylic acids is 1. The minimum atomic E-state index is -0.621. The molecule has 2 aromatic carbocycles. The second-order valence-electron chi connectivity index (χ2n) is 6.79. The van der Waals surface area contributed by atoms with Gasteiger partial charge in [-0.3, -0.25) is 4.79 Å². The third kappa shape index (κ3) is 4.10. The molecule has 1 atom stereocenters. The Morgan fingerprint density at radius 2 is 1.77 bits per heavy atom. The van der Waals surface area contributed by atoms with Crippen molar-refractivity contribution in [3.63, 3.8) is 0 Å². The van der Waals surface area contributed by atoms with E-state index < -0.39 is 6.10 Å². The lowest BCUT2D eigenvalue weighted by Crippen LogP contribution is -2.30. The molecule has 138 valence electrons. The summed E-state index contributed by atoms with van der Waals surface area (Å²) in [7, 11) is 0. The summed E-state index contributed by atoms with van der Waals surface area (Å²) >= 11 is 0. The van der Waals surface area contributed by atoms with E-state index in [0.29, 0.717) is 36.3 Å². The van der Waals surface area contributed by atoms with Crippen molar-refractivity contribution >= 4 is 11.6 Å². The predicted octanol–water partition coefficient (Wildman–Crippen LogP) is 4.30. The molecule has 5 nitrogen and oxygen atoms in total. The van der Waals surface area contributed by atoms with E-state index in [1.165, 1.54) is 5.56 Å². The molecular formula is C21H25NO4. The number of nitrogens with one attached hydrogen (secondary N) is 1. The first-order chi connectivity index (χ1) is 12.4. The number of fused-ring (bicyclic) bond motifs is 1. The number of amides is 1. The average Bonchev–Trinajstić information content (AvgIpc) is 2.63. The quantitative estimate of drug-likeness (QED) is 0.869. The van der Waals surface area contributed by atoms with Gasteiger partial charge in [-0.05, 0) is 49.1 Å². The van der Waals surface area contributed by atoms with Crippen LogP contribution in [0.15, 0.2) is 36.4 Å². The fourth-order valence-corrected chi connectivity index (χ4v) is 2.71. The van der Waals surface area contributed by atoms with Crippen molar-refractivity contribution in [2.24, 2.45) is 0 Å². The topological polar surface area (TPSA) is 56.8 Å². The van der Waals surface area contributed by atoms with Crippen molar-refractivity contribution in [2.45, 2.75) is 39.7 Å². The molecule has 1 N–H and O–H groups in total. The lowest BCUT2D eigenvalue weighted by molar-refractivity contribution is -0.122. The zero-order valence-corrected chi connectivity index (χ0v) is 15.7. The molecule has 0 saturated carbocycles. The Morgan fingerprint density at radius 3 is 2.50 bits per heavy atom. The summed E-state index contributed by atoms with van der Waals surface area (Å²) in [5.41, 5.74) is 2.85. The lowest BCUT2D eigenvalue weighted by atomic mass is 10.0. The van der Waals surface area contributed by atoms with Crippen LogP contribution in [-0.2, 0) is 4.79 Å². The highest BCUT2D eigenvalue weighted by Gasteiger charge is 2.18. The first kappa shape index (κ1) is 18.1. The van der Waals surface area contributed by atoms with Gasteiger partial charge in [-0.1, -0.05) is 26.0 Å². The first-order valence-corrected chi connectivity index (χ1v) is 8.92. The summed E-state index contributed by atoms with van der Waals surface area (Å²) in [5, 5.41) is 2.87. The normalized spacial score (nSPS) is 14.0. The number of hydrogen-bond acceptors (Lipinski definition) is 4. The monoisotopic (exact) mass is 355 g/mol. The van der Waals surface area contributed by atoms with Gasteiger partial charge in [-0.25, -0.2) is 0 Å². The van der Waals surface area contributed by atoms with E-state index in [2.05, 4.69) is 25.2 Å². The fourth-order valence-electron chi connectivity index (χ4n) is 2.71. The predicted molar refractivity (Wildman–Crippen MR) is 101 cm³/mol. The minimum Gasteiger partial charge on any atom is -0.486 e. The van der Waals surface area contributed by atoms with Crippen molar-refractivity contribution in [1.29, 1.82) is 0 Å². The van der Waals surface area contributed by atoms with Crippen molar-refractivity contribution in [1.82, 2.24) is 0 Å². The number of anilines is 1. The van der Waals surface area contributed by atoms with Gasteiger partial charge >= 0.3 is 0 Å². The Labute approximate surface area is 154 Å². The number of hydrogen-bond donors (Lipinski definition) is 1. The summed E-state index contributed by atoms with van der Waals surface area (Å²) in [6, 6.07) is 11.5. The molecule has 0 aromatic heterocycles. The highest BCUT2D eigenvalue weighted by molar-refractivity contribution is 5.94. The second kappa shape index (κ2) is 7.68. The van der Waals surface area contributed by atoms with Gasteiger partial charge in [0, 0.05) is 11.8 Å². The SMILES string of the molecule is Cc1ccc(C(C)C)cc1OC(C)C(=O)Nc1ccc2c(c1)OCCO2. The molecule has 0 spiro atoms. The Morgan fingerprint density at radius 1 is 1.04 bits per heavy atom. The Bertz CT molecular complexity index is 801. The number of aryl methyl sites for hydroxylation is 1. The molecule has 3 rings (SSSR count). The Balaban J connectivity index is 1.68. The van der Waals surface area contributed by atoms with Gasteiger partial charge in [0.2, 0.25) is 0 Å². The Hall–Kier alpha value is -2.69. The maximum absolute atomic E-state index is 12.5. The number of rotatable bonds is 5. The van der Waals surface area contributed by atoms with Gasteiger partial charge in [0.1, 0.15) is 19.0 Å². The van der Waals surface area contributed by atoms with Crippen LogP contribution in [0.5, 0.6) is 17.2 Å². The summed E-state index contributed by atoms with van der Waals surface area (Å²) in [4.78, 5) is 12.5. The maximum atomic E-state index is 12.5. The van der Waals surface area contributed by atoms with Crippen LogP contribution in [0, 0.1) is 6.92 Å². The van der Waals surface area contributed by atoms with E-state index in [4.69, 9.17) is 14.2 Å². The van der Waals surface area contributed by atoms with E-state index in [-0.39, 0.29) is 5.91 Å². The molecule has 0 bridgehead atoms. The van der Waals surface area contributed by atoms with Crippen LogP contribution >= 0.6 is 0 Å². The molecule has 0 radical (unpaired) electrons. The van der Waals surface area contributed by atoms with E-state index in [9.17, 15) is 4.79 Å². The van der Waals surface area contributed by atoms with Crippen LogP contribution in [0.4, 0.5) is 5.69 Å². The second-order valence-corrected chi connectivity index (χ2v) is 6.79. The molecule has 0 fully saturated rings. The highest BCUT2D eigenvalue weighted by Crippen LogP contribution is 2.32. The molecule has 1 unspecified atom stereocenters. The van der Waals surface area contributed by atoms with Crippen LogP contribution in [-0.4, -0.2) is 25.2 Å². The smallest absolute Gasteiger partial charge is 0.265 e. The summed E-state index contributed by atoms with van der Waals surface area (Å²) < 4.78 is 17.0.